The summed E-state index contributed by atoms with van der Waals surface area (Å²) in [5, 5.41) is 12.6. The van der Waals surface area contributed by atoms with Crippen molar-refractivity contribution in [1.82, 2.24) is 4.98 Å². The van der Waals surface area contributed by atoms with E-state index in [1.54, 1.807) is 6.07 Å². The first-order valence-corrected chi connectivity index (χ1v) is 7.25. The SMILES string of the molecule is O=[N+]([O-])C1(Br)c2ccccc2-c2nc3ccccc3cc21. The van der Waals surface area contributed by atoms with Crippen molar-refractivity contribution in [2.45, 2.75) is 4.45 Å². The highest BCUT2D eigenvalue weighted by Crippen LogP contribution is 2.52. The van der Waals surface area contributed by atoms with Crippen molar-refractivity contribution in [3.63, 3.8) is 0 Å². The molecule has 0 radical (unpaired) electrons. The topological polar surface area (TPSA) is 56.0 Å². The molecule has 0 N–H and O–H groups in total. The minimum absolute atomic E-state index is 0.297. The van der Waals surface area contributed by atoms with Gasteiger partial charge in [0.15, 0.2) is 0 Å². The van der Waals surface area contributed by atoms with Crippen LogP contribution in [0.15, 0.2) is 54.6 Å². The number of nitro groups is 1. The molecule has 21 heavy (non-hydrogen) atoms. The van der Waals surface area contributed by atoms with Crippen LogP contribution in [0.2, 0.25) is 0 Å². The molecule has 3 aromatic rings. The molecule has 4 rings (SSSR count). The van der Waals surface area contributed by atoms with Crippen molar-refractivity contribution in [2.75, 3.05) is 0 Å². The van der Waals surface area contributed by atoms with Crippen LogP contribution in [0, 0.1) is 10.1 Å². The number of aromatic nitrogens is 1. The molecule has 0 aliphatic heterocycles. The van der Waals surface area contributed by atoms with Crippen LogP contribution in [-0.2, 0) is 4.45 Å². The molecule has 0 saturated heterocycles. The second-order valence-electron chi connectivity index (χ2n) is 5.00. The van der Waals surface area contributed by atoms with Crippen molar-refractivity contribution in [3.8, 4) is 11.3 Å². The van der Waals surface area contributed by atoms with E-state index >= 15 is 0 Å². The Hall–Kier alpha value is -2.27. The largest absolute Gasteiger partial charge is 0.327 e. The molecule has 0 saturated carbocycles. The van der Waals surface area contributed by atoms with Gasteiger partial charge in [-0.25, -0.2) is 4.98 Å². The Kier molecular flexibility index (Phi) is 2.44. The fraction of sp³-hybridized carbons (Fsp3) is 0.0625. The zero-order valence-corrected chi connectivity index (χ0v) is 12.4. The van der Waals surface area contributed by atoms with E-state index in [1.807, 2.05) is 48.5 Å². The van der Waals surface area contributed by atoms with Gasteiger partial charge in [-0.2, -0.15) is 0 Å². The van der Waals surface area contributed by atoms with Crippen LogP contribution in [0.3, 0.4) is 0 Å². The van der Waals surface area contributed by atoms with E-state index in [9.17, 15) is 10.1 Å². The molecule has 0 spiro atoms. The third kappa shape index (κ3) is 1.52. The average Bonchev–Trinajstić information content (AvgIpc) is 2.76. The summed E-state index contributed by atoms with van der Waals surface area (Å²) < 4.78 is -1.42. The number of hydrogen-bond acceptors (Lipinski definition) is 3. The molecule has 0 amide bonds. The number of para-hydroxylation sites is 1. The van der Waals surface area contributed by atoms with Gasteiger partial charge in [-0.1, -0.05) is 36.4 Å². The van der Waals surface area contributed by atoms with Gasteiger partial charge in [0.2, 0.25) is 0 Å². The van der Waals surface area contributed by atoms with Gasteiger partial charge in [-0.05, 0) is 18.2 Å². The lowest BCUT2D eigenvalue weighted by Crippen LogP contribution is -2.27. The summed E-state index contributed by atoms with van der Waals surface area (Å²) in [6.07, 6.45) is 0. The minimum atomic E-state index is -1.42. The molecular formula is C16H9BrN2O2. The zero-order valence-electron chi connectivity index (χ0n) is 10.8. The van der Waals surface area contributed by atoms with Crippen molar-refractivity contribution in [2.24, 2.45) is 0 Å². The zero-order chi connectivity index (χ0) is 14.6. The summed E-state index contributed by atoms with van der Waals surface area (Å²) in [6.45, 7) is 0. The van der Waals surface area contributed by atoms with Crippen molar-refractivity contribution in [1.29, 1.82) is 0 Å². The van der Waals surface area contributed by atoms with E-state index in [1.165, 1.54) is 0 Å². The highest BCUT2D eigenvalue weighted by atomic mass is 79.9. The number of fused-ring (bicyclic) bond motifs is 4. The summed E-state index contributed by atoms with van der Waals surface area (Å²) in [7, 11) is 0. The molecular weight excluding hydrogens is 332 g/mol. The molecule has 1 unspecified atom stereocenters. The lowest BCUT2D eigenvalue weighted by molar-refractivity contribution is -0.530. The molecule has 2 aromatic carbocycles. The van der Waals surface area contributed by atoms with Crippen LogP contribution in [0.1, 0.15) is 11.1 Å². The Morgan fingerprint density at radius 1 is 1.05 bits per heavy atom. The second-order valence-corrected chi connectivity index (χ2v) is 6.15. The average molecular weight is 341 g/mol. The second kappa shape index (κ2) is 4.11. The summed E-state index contributed by atoms with van der Waals surface area (Å²) >= 11 is 3.35. The summed E-state index contributed by atoms with van der Waals surface area (Å²) in [6, 6.07) is 16.8. The van der Waals surface area contributed by atoms with Gasteiger partial charge in [0.1, 0.15) is 0 Å². The van der Waals surface area contributed by atoms with Crippen LogP contribution in [0.4, 0.5) is 0 Å². The molecule has 0 bridgehead atoms. The van der Waals surface area contributed by atoms with Gasteiger partial charge in [0.05, 0.1) is 22.3 Å². The lowest BCUT2D eigenvalue weighted by atomic mass is 10.1. The van der Waals surface area contributed by atoms with Crippen LogP contribution < -0.4 is 0 Å². The van der Waals surface area contributed by atoms with Gasteiger partial charge in [0, 0.05) is 31.8 Å². The van der Waals surface area contributed by atoms with E-state index in [4.69, 9.17) is 0 Å². The van der Waals surface area contributed by atoms with E-state index in [0.29, 0.717) is 16.8 Å². The smallest absolute Gasteiger partial charge is 0.262 e. The van der Waals surface area contributed by atoms with Crippen LogP contribution >= 0.6 is 15.9 Å². The number of benzene rings is 2. The van der Waals surface area contributed by atoms with Crippen LogP contribution in [0.25, 0.3) is 22.2 Å². The Morgan fingerprint density at radius 3 is 2.57 bits per heavy atom. The number of hydrogen-bond donors (Lipinski definition) is 0. The number of pyridine rings is 1. The summed E-state index contributed by atoms with van der Waals surface area (Å²) in [4.78, 5) is 16.1. The maximum atomic E-state index is 11.7. The molecule has 1 aliphatic carbocycles. The number of alkyl halides is 1. The molecule has 1 aliphatic rings. The van der Waals surface area contributed by atoms with E-state index in [0.717, 1.165) is 16.5 Å². The van der Waals surface area contributed by atoms with Gasteiger partial charge in [-0.3, -0.25) is 10.1 Å². The normalized spacial score (nSPS) is 19.3. The molecule has 0 fully saturated rings. The maximum Gasteiger partial charge on any atom is 0.327 e. The third-order valence-corrected chi connectivity index (χ3v) is 5.02. The summed E-state index contributed by atoms with van der Waals surface area (Å²) in [5.41, 5.74) is 3.55. The number of rotatable bonds is 1. The maximum absolute atomic E-state index is 11.7. The molecule has 102 valence electrons. The van der Waals surface area contributed by atoms with E-state index in [2.05, 4.69) is 20.9 Å². The molecule has 1 atom stereocenters. The Bertz CT molecular complexity index is 910. The molecule has 1 aromatic heterocycles. The predicted molar refractivity (Wildman–Crippen MR) is 83.9 cm³/mol. The predicted octanol–water partition coefficient (Wildman–Crippen LogP) is 4.09. The van der Waals surface area contributed by atoms with Crippen molar-refractivity contribution < 1.29 is 4.92 Å². The standard InChI is InChI=1S/C16H9BrN2O2/c17-16(19(20)21)12-7-3-2-6-11(12)15-13(16)9-10-5-1-4-8-14(10)18-15/h1-9H. The molecule has 1 heterocycles. The number of halogens is 1. The lowest BCUT2D eigenvalue weighted by Gasteiger charge is -2.15. The van der Waals surface area contributed by atoms with Crippen LogP contribution in [0.5, 0.6) is 0 Å². The fourth-order valence-electron chi connectivity index (χ4n) is 2.89. The van der Waals surface area contributed by atoms with Gasteiger partial charge < -0.3 is 0 Å². The molecule has 4 nitrogen and oxygen atoms in total. The highest BCUT2D eigenvalue weighted by Gasteiger charge is 2.52. The van der Waals surface area contributed by atoms with Crippen molar-refractivity contribution >= 4 is 26.8 Å². The minimum Gasteiger partial charge on any atom is -0.262 e. The first-order chi connectivity index (χ1) is 10.1. The number of nitrogens with zero attached hydrogens (tertiary/aromatic N) is 2. The molecule has 5 heteroatoms. The fourth-order valence-corrected chi connectivity index (χ4v) is 3.54. The first kappa shape index (κ1) is 12.5. The van der Waals surface area contributed by atoms with Gasteiger partial charge in [-0.15, -0.1) is 0 Å². The third-order valence-electron chi connectivity index (χ3n) is 3.87. The Labute approximate surface area is 128 Å². The van der Waals surface area contributed by atoms with Crippen molar-refractivity contribution in [3.05, 3.63) is 75.8 Å². The Balaban J connectivity index is 2.16. The summed E-state index contributed by atoms with van der Waals surface area (Å²) in [5.74, 6) is 0. The Morgan fingerprint density at radius 2 is 1.76 bits per heavy atom. The van der Waals surface area contributed by atoms with E-state index < -0.39 is 4.45 Å². The van der Waals surface area contributed by atoms with Gasteiger partial charge in [0.25, 0.3) is 0 Å². The monoisotopic (exact) mass is 340 g/mol. The van der Waals surface area contributed by atoms with Gasteiger partial charge >= 0.3 is 4.45 Å². The van der Waals surface area contributed by atoms with Crippen LogP contribution in [-0.4, -0.2) is 9.91 Å². The van der Waals surface area contributed by atoms with E-state index in [-0.39, 0.29) is 4.92 Å². The highest BCUT2D eigenvalue weighted by molar-refractivity contribution is 9.09. The first-order valence-electron chi connectivity index (χ1n) is 6.46. The quantitative estimate of drug-likeness (QED) is 0.290.